The summed E-state index contributed by atoms with van der Waals surface area (Å²) >= 11 is 5.67. The first-order valence-corrected chi connectivity index (χ1v) is 4.62. The third-order valence-corrected chi connectivity index (χ3v) is 2.32. The number of rotatable bonds is 2. The number of benzene rings is 1. The molecule has 7 heteroatoms. The van der Waals surface area contributed by atoms with Gasteiger partial charge in [0.25, 0.3) is 5.69 Å². The van der Waals surface area contributed by atoms with Crippen molar-refractivity contribution in [2.75, 3.05) is 5.73 Å². The highest BCUT2D eigenvalue weighted by molar-refractivity contribution is 6.32. The van der Waals surface area contributed by atoms with Crippen molar-refractivity contribution in [1.29, 1.82) is 0 Å². The van der Waals surface area contributed by atoms with Gasteiger partial charge in [-0.05, 0) is 12.1 Å². The second-order valence-corrected chi connectivity index (χ2v) is 3.44. The van der Waals surface area contributed by atoms with Gasteiger partial charge >= 0.3 is 0 Å². The van der Waals surface area contributed by atoms with Gasteiger partial charge in [-0.3, -0.25) is 10.1 Å². The Kier molecular flexibility index (Phi) is 2.49. The SMILES string of the molecule is Nc1cnoc1-c1ccc(Cl)c([N+](=O)[O-])c1. The lowest BCUT2D eigenvalue weighted by Gasteiger charge is -1.99. The quantitative estimate of drug-likeness (QED) is 0.642. The molecule has 0 aliphatic heterocycles. The number of hydrogen-bond acceptors (Lipinski definition) is 5. The van der Waals surface area contributed by atoms with Crippen molar-refractivity contribution in [1.82, 2.24) is 5.16 Å². The van der Waals surface area contributed by atoms with Crippen LogP contribution in [0.15, 0.2) is 28.9 Å². The van der Waals surface area contributed by atoms with Crippen molar-refractivity contribution in [3.8, 4) is 11.3 Å². The maximum absolute atomic E-state index is 10.7. The van der Waals surface area contributed by atoms with E-state index in [4.69, 9.17) is 21.9 Å². The van der Waals surface area contributed by atoms with Crippen molar-refractivity contribution in [3.63, 3.8) is 0 Å². The third kappa shape index (κ3) is 1.70. The van der Waals surface area contributed by atoms with Gasteiger partial charge in [0.15, 0.2) is 5.76 Å². The van der Waals surface area contributed by atoms with E-state index in [9.17, 15) is 10.1 Å². The number of nitrogen functional groups attached to an aromatic ring is 1. The van der Waals surface area contributed by atoms with Crippen LogP contribution in [0.1, 0.15) is 0 Å². The molecule has 1 aromatic carbocycles. The van der Waals surface area contributed by atoms with Gasteiger partial charge in [-0.25, -0.2) is 0 Å². The number of anilines is 1. The highest BCUT2D eigenvalue weighted by atomic mass is 35.5. The summed E-state index contributed by atoms with van der Waals surface area (Å²) in [5.41, 5.74) is 6.16. The molecule has 1 heterocycles. The highest BCUT2D eigenvalue weighted by Crippen LogP contribution is 2.32. The molecule has 0 radical (unpaired) electrons. The van der Waals surface area contributed by atoms with E-state index < -0.39 is 4.92 Å². The molecule has 0 atom stereocenters. The first kappa shape index (κ1) is 10.4. The molecule has 0 bridgehead atoms. The van der Waals surface area contributed by atoms with Gasteiger partial charge in [0.05, 0.1) is 11.1 Å². The van der Waals surface area contributed by atoms with Crippen LogP contribution in [-0.2, 0) is 0 Å². The standard InChI is InChI=1S/C9H6ClN3O3/c10-6-2-1-5(3-8(6)13(14)15)9-7(11)4-12-16-9/h1-4H,11H2. The number of halogens is 1. The molecule has 0 saturated carbocycles. The molecule has 0 fully saturated rings. The zero-order valence-electron chi connectivity index (χ0n) is 7.88. The molecule has 6 nitrogen and oxygen atoms in total. The van der Waals surface area contributed by atoms with Crippen LogP contribution in [0, 0.1) is 10.1 Å². The zero-order valence-corrected chi connectivity index (χ0v) is 8.64. The van der Waals surface area contributed by atoms with Crippen LogP contribution in [0.5, 0.6) is 0 Å². The average molecular weight is 240 g/mol. The summed E-state index contributed by atoms with van der Waals surface area (Å²) in [4.78, 5) is 10.1. The van der Waals surface area contributed by atoms with E-state index in [1.807, 2.05) is 0 Å². The Morgan fingerprint density at radius 2 is 2.25 bits per heavy atom. The largest absolute Gasteiger partial charge is 0.394 e. The predicted octanol–water partition coefficient (Wildman–Crippen LogP) is 2.49. The van der Waals surface area contributed by atoms with Crippen LogP contribution >= 0.6 is 11.6 Å². The monoisotopic (exact) mass is 239 g/mol. The van der Waals surface area contributed by atoms with E-state index in [1.165, 1.54) is 18.3 Å². The second kappa shape index (κ2) is 3.82. The molecular weight excluding hydrogens is 234 g/mol. The van der Waals surface area contributed by atoms with Crippen LogP contribution in [0.25, 0.3) is 11.3 Å². The summed E-state index contributed by atoms with van der Waals surface area (Å²) in [6.45, 7) is 0. The molecule has 2 rings (SSSR count). The van der Waals surface area contributed by atoms with Crippen molar-refractivity contribution in [2.45, 2.75) is 0 Å². The summed E-state index contributed by atoms with van der Waals surface area (Å²) < 4.78 is 4.88. The van der Waals surface area contributed by atoms with Crippen molar-refractivity contribution in [2.24, 2.45) is 0 Å². The normalized spacial score (nSPS) is 10.3. The van der Waals surface area contributed by atoms with E-state index in [-0.39, 0.29) is 10.7 Å². The molecule has 82 valence electrons. The zero-order chi connectivity index (χ0) is 11.7. The Balaban J connectivity index is 2.56. The fraction of sp³-hybridized carbons (Fsp3) is 0. The van der Waals surface area contributed by atoms with E-state index in [1.54, 1.807) is 6.07 Å². The Labute approximate surface area is 94.7 Å². The number of nitro benzene ring substituents is 1. The number of aromatic nitrogens is 1. The number of nitrogens with zero attached hydrogens (tertiary/aromatic N) is 2. The van der Waals surface area contributed by atoms with Gasteiger partial charge in [-0.2, -0.15) is 0 Å². The Bertz CT molecular complexity index is 553. The highest BCUT2D eigenvalue weighted by Gasteiger charge is 2.16. The minimum absolute atomic E-state index is 0.0619. The Morgan fingerprint density at radius 1 is 1.50 bits per heavy atom. The number of nitro groups is 1. The van der Waals surface area contributed by atoms with Crippen molar-refractivity contribution >= 4 is 23.0 Å². The molecular formula is C9H6ClN3O3. The summed E-state index contributed by atoms with van der Waals surface area (Å²) in [6.07, 6.45) is 1.33. The Morgan fingerprint density at radius 3 is 2.81 bits per heavy atom. The lowest BCUT2D eigenvalue weighted by molar-refractivity contribution is -0.384. The van der Waals surface area contributed by atoms with E-state index in [0.29, 0.717) is 17.0 Å². The molecule has 0 unspecified atom stereocenters. The van der Waals surface area contributed by atoms with Crippen molar-refractivity contribution in [3.05, 3.63) is 39.5 Å². The molecule has 0 amide bonds. The molecule has 0 aliphatic rings. The van der Waals surface area contributed by atoms with E-state index in [2.05, 4.69) is 5.16 Å². The third-order valence-electron chi connectivity index (χ3n) is 2.00. The molecule has 0 spiro atoms. The van der Waals surface area contributed by atoms with Crippen LogP contribution < -0.4 is 5.73 Å². The lowest BCUT2D eigenvalue weighted by Crippen LogP contribution is -1.91. The fourth-order valence-electron chi connectivity index (χ4n) is 1.26. The van der Waals surface area contributed by atoms with Gasteiger partial charge in [0.1, 0.15) is 10.7 Å². The number of nitrogens with two attached hydrogens (primary N) is 1. The lowest BCUT2D eigenvalue weighted by atomic mass is 10.1. The summed E-state index contributed by atoms with van der Waals surface area (Å²) in [5, 5.41) is 14.2. The molecule has 0 aliphatic carbocycles. The molecule has 1 aromatic heterocycles. The van der Waals surface area contributed by atoms with E-state index >= 15 is 0 Å². The average Bonchev–Trinajstić information content (AvgIpc) is 2.65. The number of hydrogen-bond donors (Lipinski definition) is 1. The van der Waals surface area contributed by atoms with Gasteiger partial charge in [0, 0.05) is 11.6 Å². The maximum atomic E-state index is 10.7. The minimum Gasteiger partial charge on any atom is -0.394 e. The van der Waals surface area contributed by atoms with Crippen LogP contribution in [0.2, 0.25) is 5.02 Å². The summed E-state index contributed by atoms with van der Waals surface area (Å²) in [5.74, 6) is 0.291. The first-order valence-electron chi connectivity index (χ1n) is 4.24. The smallest absolute Gasteiger partial charge is 0.288 e. The minimum atomic E-state index is -0.571. The summed E-state index contributed by atoms with van der Waals surface area (Å²) in [6, 6.07) is 4.28. The van der Waals surface area contributed by atoms with Gasteiger partial charge < -0.3 is 10.3 Å². The molecule has 2 aromatic rings. The van der Waals surface area contributed by atoms with Gasteiger partial charge in [0.2, 0.25) is 0 Å². The predicted molar refractivity (Wildman–Crippen MR) is 58.0 cm³/mol. The summed E-state index contributed by atoms with van der Waals surface area (Å²) in [7, 11) is 0. The molecule has 16 heavy (non-hydrogen) atoms. The molecule has 0 saturated heterocycles. The van der Waals surface area contributed by atoms with E-state index in [0.717, 1.165) is 0 Å². The Hall–Kier alpha value is -2.08. The maximum Gasteiger partial charge on any atom is 0.288 e. The van der Waals surface area contributed by atoms with Crippen LogP contribution in [-0.4, -0.2) is 10.1 Å². The van der Waals surface area contributed by atoms with Gasteiger partial charge in [-0.1, -0.05) is 16.8 Å². The topological polar surface area (TPSA) is 95.2 Å². The van der Waals surface area contributed by atoms with Crippen molar-refractivity contribution < 1.29 is 9.45 Å². The van der Waals surface area contributed by atoms with Gasteiger partial charge in [-0.15, -0.1) is 0 Å². The fourth-order valence-corrected chi connectivity index (χ4v) is 1.45. The first-order chi connectivity index (χ1) is 7.59. The van der Waals surface area contributed by atoms with Crippen LogP contribution in [0.3, 0.4) is 0 Å². The second-order valence-electron chi connectivity index (χ2n) is 3.03. The van der Waals surface area contributed by atoms with Crippen LogP contribution in [0.4, 0.5) is 11.4 Å². The molecule has 2 N–H and O–H groups in total.